The number of likely N-dealkylation sites (N-methyl/N-ethyl adjacent to an activating group) is 1. The first kappa shape index (κ1) is 16.0. The molecule has 1 saturated carbocycles. The van der Waals surface area contributed by atoms with Gasteiger partial charge in [-0.3, -0.25) is 4.79 Å². The fourth-order valence-corrected chi connectivity index (χ4v) is 3.71. The highest BCUT2D eigenvalue weighted by Gasteiger charge is 2.22. The highest BCUT2D eigenvalue weighted by Crippen LogP contribution is 2.31. The van der Waals surface area contributed by atoms with E-state index in [9.17, 15) is 4.79 Å². The van der Waals surface area contributed by atoms with Gasteiger partial charge in [0.15, 0.2) is 6.61 Å². The molecule has 130 valence electrons. The van der Waals surface area contributed by atoms with Gasteiger partial charge >= 0.3 is 0 Å². The van der Waals surface area contributed by atoms with Crippen LogP contribution in [0.15, 0.2) is 46.9 Å². The quantitative estimate of drug-likeness (QED) is 0.689. The van der Waals surface area contributed by atoms with E-state index < -0.39 is 0 Å². The zero-order chi connectivity index (χ0) is 17.2. The molecule has 4 nitrogen and oxygen atoms in total. The van der Waals surface area contributed by atoms with E-state index >= 15 is 0 Å². The zero-order valence-corrected chi connectivity index (χ0v) is 14.5. The highest BCUT2D eigenvalue weighted by molar-refractivity contribution is 6.05. The number of rotatable bonds is 4. The molecule has 0 unspecified atom stereocenters. The van der Waals surface area contributed by atoms with E-state index in [4.69, 9.17) is 9.15 Å². The molecule has 0 saturated heterocycles. The lowest BCUT2D eigenvalue weighted by Crippen LogP contribution is -2.40. The van der Waals surface area contributed by atoms with Crippen LogP contribution in [0, 0.1) is 0 Å². The molecule has 1 aliphatic rings. The normalized spacial score (nSPS) is 15.6. The number of benzene rings is 2. The van der Waals surface area contributed by atoms with Crippen LogP contribution in [0.5, 0.6) is 5.75 Å². The van der Waals surface area contributed by atoms with Crippen molar-refractivity contribution in [3.63, 3.8) is 0 Å². The Kier molecular flexibility index (Phi) is 4.35. The predicted octanol–water partition coefficient (Wildman–Crippen LogP) is 4.76. The highest BCUT2D eigenvalue weighted by atomic mass is 16.5. The molecule has 25 heavy (non-hydrogen) atoms. The van der Waals surface area contributed by atoms with Crippen molar-refractivity contribution in [1.29, 1.82) is 0 Å². The molecule has 0 aliphatic heterocycles. The molecule has 1 amide bonds. The molecule has 2 aromatic carbocycles. The van der Waals surface area contributed by atoms with Crippen molar-refractivity contribution in [1.82, 2.24) is 4.90 Å². The Morgan fingerprint density at radius 2 is 1.84 bits per heavy atom. The molecule has 0 radical (unpaired) electrons. The van der Waals surface area contributed by atoms with Crippen molar-refractivity contribution in [2.75, 3.05) is 13.7 Å². The maximum absolute atomic E-state index is 12.4. The third kappa shape index (κ3) is 3.21. The smallest absolute Gasteiger partial charge is 0.260 e. The lowest BCUT2D eigenvalue weighted by molar-refractivity contribution is -0.134. The molecule has 1 heterocycles. The molecule has 0 spiro atoms. The van der Waals surface area contributed by atoms with Crippen molar-refractivity contribution in [3.05, 3.63) is 42.5 Å². The van der Waals surface area contributed by atoms with Gasteiger partial charge in [0, 0.05) is 23.9 Å². The minimum Gasteiger partial charge on any atom is -0.484 e. The summed E-state index contributed by atoms with van der Waals surface area (Å²) in [4.78, 5) is 14.3. The van der Waals surface area contributed by atoms with Gasteiger partial charge in [0.25, 0.3) is 5.91 Å². The summed E-state index contributed by atoms with van der Waals surface area (Å²) in [5.41, 5.74) is 1.70. The van der Waals surface area contributed by atoms with E-state index in [2.05, 4.69) is 0 Å². The summed E-state index contributed by atoms with van der Waals surface area (Å²) in [6, 6.07) is 14.0. The lowest BCUT2D eigenvalue weighted by atomic mass is 9.94. The molecule has 1 fully saturated rings. The molecule has 4 rings (SSSR count). The van der Waals surface area contributed by atoms with Crippen LogP contribution in [0.1, 0.15) is 32.1 Å². The van der Waals surface area contributed by atoms with Crippen LogP contribution in [0.25, 0.3) is 21.9 Å². The molecule has 0 bridgehead atoms. The average Bonchev–Trinajstić information content (AvgIpc) is 3.04. The zero-order valence-electron chi connectivity index (χ0n) is 14.5. The van der Waals surface area contributed by atoms with Crippen LogP contribution in [0.4, 0.5) is 0 Å². The Labute approximate surface area is 147 Å². The number of carbonyl (C=O) groups is 1. The van der Waals surface area contributed by atoms with Gasteiger partial charge in [0.2, 0.25) is 0 Å². The maximum atomic E-state index is 12.4. The second kappa shape index (κ2) is 6.79. The van der Waals surface area contributed by atoms with E-state index in [1.807, 2.05) is 54.4 Å². The van der Waals surface area contributed by atoms with E-state index in [1.54, 1.807) is 0 Å². The number of ether oxygens (including phenoxy) is 1. The molecule has 4 heteroatoms. The first-order valence-corrected chi connectivity index (χ1v) is 9.02. The van der Waals surface area contributed by atoms with E-state index in [0.717, 1.165) is 34.8 Å². The van der Waals surface area contributed by atoms with Crippen LogP contribution in [-0.2, 0) is 4.79 Å². The fraction of sp³-hybridized carbons (Fsp3) is 0.381. The summed E-state index contributed by atoms with van der Waals surface area (Å²) in [6.07, 6.45) is 5.93. The summed E-state index contributed by atoms with van der Waals surface area (Å²) >= 11 is 0. The predicted molar refractivity (Wildman–Crippen MR) is 98.9 cm³/mol. The molecular weight excluding hydrogens is 314 g/mol. The molecule has 0 N–H and O–H groups in total. The largest absolute Gasteiger partial charge is 0.484 e. The SMILES string of the molecule is CN(C(=O)COc1ccc2oc3ccccc3c2c1)C1CCCCC1. The second-order valence-corrected chi connectivity index (χ2v) is 6.84. The number of carbonyl (C=O) groups excluding carboxylic acids is 1. The monoisotopic (exact) mass is 337 g/mol. The van der Waals surface area contributed by atoms with Crippen molar-refractivity contribution < 1.29 is 13.9 Å². The third-order valence-corrected chi connectivity index (χ3v) is 5.23. The third-order valence-electron chi connectivity index (χ3n) is 5.23. The summed E-state index contributed by atoms with van der Waals surface area (Å²) in [5, 5.41) is 2.08. The van der Waals surface area contributed by atoms with Crippen LogP contribution < -0.4 is 4.74 Å². The van der Waals surface area contributed by atoms with Gasteiger partial charge in [0.1, 0.15) is 16.9 Å². The number of hydrogen-bond donors (Lipinski definition) is 0. The first-order chi connectivity index (χ1) is 12.2. The lowest BCUT2D eigenvalue weighted by Gasteiger charge is -2.31. The fourth-order valence-electron chi connectivity index (χ4n) is 3.71. The Morgan fingerprint density at radius 3 is 2.68 bits per heavy atom. The summed E-state index contributed by atoms with van der Waals surface area (Å²) in [5.74, 6) is 0.744. The van der Waals surface area contributed by atoms with Crippen LogP contribution in [0.3, 0.4) is 0 Å². The molecule has 3 aromatic rings. The van der Waals surface area contributed by atoms with Crippen molar-refractivity contribution in [2.45, 2.75) is 38.1 Å². The van der Waals surface area contributed by atoms with Crippen LogP contribution in [-0.4, -0.2) is 30.5 Å². The number of nitrogens with zero attached hydrogens (tertiary/aromatic N) is 1. The Hall–Kier alpha value is -2.49. The van der Waals surface area contributed by atoms with Crippen molar-refractivity contribution in [2.24, 2.45) is 0 Å². The summed E-state index contributed by atoms with van der Waals surface area (Å²) < 4.78 is 11.6. The number of furan rings is 1. The van der Waals surface area contributed by atoms with Gasteiger partial charge in [-0.25, -0.2) is 0 Å². The maximum Gasteiger partial charge on any atom is 0.260 e. The first-order valence-electron chi connectivity index (χ1n) is 9.02. The van der Waals surface area contributed by atoms with E-state index in [0.29, 0.717) is 11.8 Å². The Morgan fingerprint density at radius 1 is 1.08 bits per heavy atom. The average molecular weight is 337 g/mol. The molecule has 1 aliphatic carbocycles. The van der Waals surface area contributed by atoms with Crippen molar-refractivity contribution >= 4 is 27.8 Å². The number of hydrogen-bond acceptors (Lipinski definition) is 3. The molecule has 0 atom stereocenters. The van der Waals surface area contributed by atoms with Gasteiger partial charge in [-0.15, -0.1) is 0 Å². The van der Waals surface area contributed by atoms with Gasteiger partial charge < -0.3 is 14.1 Å². The van der Waals surface area contributed by atoms with E-state index in [-0.39, 0.29) is 12.5 Å². The Bertz CT molecular complexity index is 892. The van der Waals surface area contributed by atoms with Gasteiger partial charge in [-0.05, 0) is 37.1 Å². The second-order valence-electron chi connectivity index (χ2n) is 6.84. The minimum absolute atomic E-state index is 0.0454. The number of fused-ring (bicyclic) bond motifs is 3. The molecular formula is C21H23NO3. The van der Waals surface area contributed by atoms with Crippen LogP contribution >= 0.6 is 0 Å². The van der Waals surface area contributed by atoms with Crippen LogP contribution in [0.2, 0.25) is 0 Å². The number of para-hydroxylation sites is 1. The van der Waals surface area contributed by atoms with E-state index in [1.165, 1.54) is 19.3 Å². The topological polar surface area (TPSA) is 42.7 Å². The summed E-state index contributed by atoms with van der Waals surface area (Å²) in [6.45, 7) is 0.0777. The van der Waals surface area contributed by atoms with Gasteiger partial charge in [0.05, 0.1) is 0 Å². The van der Waals surface area contributed by atoms with Gasteiger partial charge in [-0.2, -0.15) is 0 Å². The summed E-state index contributed by atoms with van der Waals surface area (Å²) in [7, 11) is 1.90. The minimum atomic E-state index is 0.0454. The van der Waals surface area contributed by atoms with Crippen molar-refractivity contribution in [3.8, 4) is 5.75 Å². The number of amides is 1. The van der Waals surface area contributed by atoms with Gasteiger partial charge in [-0.1, -0.05) is 37.5 Å². The Balaban J connectivity index is 1.47. The molecule has 1 aromatic heterocycles. The standard InChI is InChI=1S/C21H23NO3/c1-22(15-7-3-2-4-8-15)21(23)14-24-16-11-12-20-18(13-16)17-9-5-6-10-19(17)25-20/h5-6,9-13,15H,2-4,7-8,14H2,1H3.